The summed E-state index contributed by atoms with van der Waals surface area (Å²) < 4.78 is 44.0. The van der Waals surface area contributed by atoms with Crippen LogP contribution in [0.2, 0.25) is 0 Å². The van der Waals surface area contributed by atoms with Crippen LogP contribution in [0.25, 0.3) is 17.4 Å². The van der Waals surface area contributed by atoms with Crippen molar-refractivity contribution in [3.63, 3.8) is 0 Å². The van der Waals surface area contributed by atoms with Crippen LogP contribution >= 0.6 is 0 Å². The first-order valence-corrected chi connectivity index (χ1v) is 10.9. The van der Waals surface area contributed by atoms with Gasteiger partial charge in [-0.25, -0.2) is 0 Å². The van der Waals surface area contributed by atoms with E-state index in [-0.39, 0.29) is 36.0 Å². The van der Waals surface area contributed by atoms with Gasteiger partial charge in [0.2, 0.25) is 23.6 Å². The predicted octanol–water partition coefficient (Wildman–Crippen LogP) is 1.89. The average molecular weight is 481 g/mol. The van der Waals surface area contributed by atoms with Gasteiger partial charge in [0.25, 0.3) is 5.78 Å². The van der Waals surface area contributed by atoms with Crippen LogP contribution in [0.4, 0.5) is 25.1 Å². The van der Waals surface area contributed by atoms with Gasteiger partial charge in [-0.15, -0.1) is 5.10 Å². The van der Waals surface area contributed by atoms with Crippen LogP contribution in [0.5, 0.6) is 0 Å². The van der Waals surface area contributed by atoms with Crippen molar-refractivity contribution < 1.29 is 22.4 Å². The quantitative estimate of drug-likeness (QED) is 0.519. The molecule has 0 spiro atoms. The summed E-state index contributed by atoms with van der Waals surface area (Å²) in [4.78, 5) is 29.4. The van der Waals surface area contributed by atoms with Gasteiger partial charge in [-0.3, -0.25) is 9.69 Å². The van der Waals surface area contributed by atoms with Crippen LogP contribution in [0.15, 0.2) is 22.8 Å². The molecule has 0 radical (unpaired) electrons. The maximum absolute atomic E-state index is 13.2. The first-order valence-electron chi connectivity index (χ1n) is 10.9. The van der Waals surface area contributed by atoms with Crippen molar-refractivity contribution in [1.29, 1.82) is 0 Å². The molecule has 14 heteroatoms. The van der Waals surface area contributed by atoms with Crippen molar-refractivity contribution in [3.8, 4) is 11.6 Å². The number of rotatable bonds is 7. The number of amides is 1. The minimum Gasteiger partial charge on any atom is -0.461 e. The summed E-state index contributed by atoms with van der Waals surface area (Å²) >= 11 is 0. The lowest BCUT2D eigenvalue weighted by atomic mass is 10.0. The Kier molecular flexibility index (Phi) is 6.59. The average Bonchev–Trinajstić information content (AvgIpc) is 3.45. The highest BCUT2D eigenvalue weighted by molar-refractivity contribution is 5.84. The first kappa shape index (κ1) is 23.7. The van der Waals surface area contributed by atoms with Gasteiger partial charge < -0.3 is 20.4 Å². The predicted molar refractivity (Wildman–Crippen MR) is 117 cm³/mol. The highest BCUT2D eigenvalue weighted by Crippen LogP contribution is 2.21. The van der Waals surface area contributed by atoms with Crippen LogP contribution in [0, 0.1) is 5.92 Å². The fraction of sp³-hybridized carbons (Fsp3) is 0.550. The van der Waals surface area contributed by atoms with Gasteiger partial charge in [-0.05, 0) is 18.1 Å². The van der Waals surface area contributed by atoms with E-state index in [1.807, 2.05) is 13.8 Å². The number of piperazine rings is 1. The largest absolute Gasteiger partial charge is 0.461 e. The standard InChI is InChI=1S/C20H26F3N9O2/c1-12(2)14(16(33)31-9-7-30(8-10-31)6-5-20(21,22)23)25-18-27-17(24)32-19(28-18)26-15(29-32)13-4-3-11-34-13/h3-4,11-12,14H,5-10H2,1-2H3,(H3,24,25,26,27,28,29)/t14-/m0/s1. The van der Waals surface area contributed by atoms with Gasteiger partial charge in [0.1, 0.15) is 6.04 Å². The molecule has 0 unspecified atom stereocenters. The number of carbonyl (C=O) groups excluding carboxylic acids is 1. The molecule has 0 aromatic carbocycles. The molecular weight excluding hydrogens is 455 g/mol. The van der Waals surface area contributed by atoms with Gasteiger partial charge in [0.05, 0.1) is 12.7 Å². The SMILES string of the molecule is CC(C)[C@H](Nc1nc(N)n2nc(-c3ccco3)nc2n1)C(=O)N1CCN(CCC(F)(F)F)CC1. The molecule has 1 amide bonds. The normalized spacial score (nSPS) is 16.4. The second-order valence-corrected chi connectivity index (χ2v) is 8.43. The smallest absolute Gasteiger partial charge is 0.390 e. The molecule has 4 rings (SSSR count). The number of nitrogen functional groups attached to an aromatic ring is 1. The minimum atomic E-state index is -4.19. The first-order chi connectivity index (χ1) is 16.1. The number of halogens is 3. The van der Waals surface area contributed by atoms with Gasteiger partial charge >= 0.3 is 6.18 Å². The van der Waals surface area contributed by atoms with E-state index in [0.29, 0.717) is 37.8 Å². The molecule has 0 saturated carbocycles. The van der Waals surface area contributed by atoms with Crippen LogP contribution < -0.4 is 11.1 Å². The second kappa shape index (κ2) is 9.44. The van der Waals surface area contributed by atoms with E-state index < -0.39 is 18.6 Å². The molecule has 1 atom stereocenters. The summed E-state index contributed by atoms with van der Waals surface area (Å²) in [5.74, 6) is 0.797. The zero-order chi connectivity index (χ0) is 24.5. The number of nitrogens with zero attached hydrogens (tertiary/aromatic N) is 7. The number of carbonyl (C=O) groups is 1. The van der Waals surface area contributed by atoms with Gasteiger partial charge in [-0.2, -0.15) is 32.6 Å². The molecule has 3 N–H and O–H groups in total. The summed E-state index contributed by atoms with van der Waals surface area (Å²) in [6, 6.07) is 2.75. The highest BCUT2D eigenvalue weighted by atomic mass is 19.4. The summed E-state index contributed by atoms with van der Waals surface area (Å²) in [5.41, 5.74) is 6.03. The number of aromatic nitrogens is 5. The van der Waals surface area contributed by atoms with E-state index in [9.17, 15) is 18.0 Å². The number of furan rings is 1. The van der Waals surface area contributed by atoms with Crippen molar-refractivity contribution in [2.24, 2.45) is 5.92 Å². The molecule has 0 aliphatic carbocycles. The fourth-order valence-corrected chi connectivity index (χ4v) is 3.71. The monoisotopic (exact) mass is 481 g/mol. The Morgan fingerprint density at radius 1 is 1.21 bits per heavy atom. The Labute approximate surface area is 193 Å². The molecule has 0 bridgehead atoms. The summed E-state index contributed by atoms with van der Waals surface area (Å²) in [6.45, 7) is 5.16. The number of hydrogen-bond donors (Lipinski definition) is 2. The van der Waals surface area contributed by atoms with Crippen molar-refractivity contribution in [2.75, 3.05) is 43.8 Å². The summed E-state index contributed by atoms with van der Waals surface area (Å²) in [7, 11) is 0. The van der Waals surface area contributed by atoms with E-state index in [1.165, 1.54) is 10.8 Å². The zero-order valence-electron chi connectivity index (χ0n) is 18.8. The van der Waals surface area contributed by atoms with Gasteiger partial charge in [-0.1, -0.05) is 13.8 Å². The molecule has 184 valence electrons. The molecule has 34 heavy (non-hydrogen) atoms. The highest BCUT2D eigenvalue weighted by Gasteiger charge is 2.32. The number of hydrogen-bond acceptors (Lipinski definition) is 9. The third kappa shape index (κ3) is 5.38. The van der Waals surface area contributed by atoms with E-state index in [4.69, 9.17) is 10.2 Å². The Bertz CT molecular complexity index is 1120. The number of nitrogens with two attached hydrogens (primary N) is 1. The number of fused-ring (bicyclic) bond motifs is 1. The van der Waals surface area contributed by atoms with E-state index in [2.05, 4.69) is 25.4 Å². The van der Waals surface area contributed by atoms with Gasteiger partial charge in [0, 0.05) is 32.7 Å². The number of alkyl halides is 3. The van der Waals surface area contributed by atoms with Crippen molar-refractivity contribution in [2.45, 2.75) is 32.5 Å². The van der Waals surface area contributed by atoms with Crippen LogP contribution in [-0.2, 0) is 4.79 Å². The molecule has 1 saturated heterocycles. The Hall–Kier alpha value is -3.42. The number of nitrogens with one attached hydrogen (secondary N) is 1. The Morgan fingerprint density at radius 3 is 2.56 bits per heavy atom. The lowest BCUT2D eigenvalue weighted by molar-refractivity contribution is -0.142. The number of anilines is 2. The van der Waals surface area contributed by atoms with Crippen LogP contribution in [0.3, 0.4) is 0 Å². The molecule has 11 nitrogen and oxygen atoms in total. The Morgan fingerprint density at radius 2 is 1.94 bits per heavy atom. The van der Waals surface area contributed by atoms with Crippen LogP contribution in [0.1, 0.15) is 20.3 Å². The van der Waals surface area contributed by atoms with Crippen molar-refractivity contribution in [1.82, 2.24) is 34.4 Å². The Balaban J connectivity index is 1.44. The third-order valence-electron chi connectivity index (χ3n) is 5.59. The maximum Gasteiger partial charge on any atom is 0.390 e. The molecule has 1 aliphatic rings. The maximum atomic E-state index is 13.2. The third-order valence-corrected chi connectivity index (χ3v) is 5.59. The van der Waals surface area contributed by atoms with Crippen molar-refractivity contribution in [3.05, 3.63) is 18.4 Å². The van der Waals surface area contributed by atoms with Crippen LogP contribution in [-0.4, -0.2) is 85.2 Å². The van der Waals surface area contributed by atoms with Crippen molar-refractivity contribution >= 4 is 23.6 Å². The molecule has 3 aromatic heterocycles. The fourth-order valence-electron chi connectivity index (χ4n) is 3.71. The minimum absolute atomic E-state index is 0.0334. The van der Waals surface area contributed by atoms with E-state index >= 15 is 0 Å². The van der Waals surface area contributed by atoms with E-state index in [0.717, 1.165) is 0 Å². The molecule has 1 fully saturated rings. The van der Waals surface area contributed by atoms with Gasteiger partial charge in [0.15, 0.2) is 5.76 Å². The molecule has 3 aromatic rings. The lowest BCUT2D eigenvalue weighted by Crippen LogP contribution is -2.54. The van der Waals surface area contributed by atoms with E-state index in [1.54, 1.807) is 21.9 Å². The molecule has 4 heterocycles. The summed E-state index contributed by atoms with van der Waals surface area (Å²) in [5, 5.41) is 7.29. The second-order valence-electron chi connectivity index (χ2n) is 8.43. The topological polar surface area (TPSA) is 131 Å². The summed E-state index contributed by atoms with van der Waals surface area (Å²) in [6.07, 6.45) is -3.55. The molecule has 1 aliphatic heterocycles. The lowest BCUT2D eigenvalue weighted by Gasteiger charge is -2.37. The zero-order valence-corrected chi connectivity index (χ0v) is 18.8. The molecular formula is C20H26F3N9O2.